The fourth-order valence-electron chi connectivity index (χ4n) is 1.82. The van der Waals surface area contributed by atoms with E-state index in [4.69, 9.17) is 5.90 Å². The van der Waals surface area contributed by atoms with Gasteiger partial charge in [0, 0.05) is 12.6 Å². The van der Waals surface area contributed by atoms with E-state index in [0.717, 1.165) is 12.6 Å². The normalized spacial score (nSPS) is 26.2. The Morgan fingerprint density at radius 1 is 1.64 bits per heavy atom. The average Bonchev–Trinajstić information content (AvgIpc) is 2.47. The van der Waals surface area contributed by atoms with Gasteiger partial charge in [0.05, 0.1) is 6.61 Å². The predicted molar refractivity (Wildman–Crippen MR) is 45.0 cm³/mol. The predicted octanol–water partition coefficient (Wildman–Crippen LogP) is 0.751. The van der Waals surface area contributed by atoms with Gasteiger partial charge in [0.25, 0.3) is 0 Å². The molecule has 66 valence electrons. The van der Waals surface area contributed by atoms with Crippen LogP contribution in [0.4, 0.5) is 0 Å². The van der Waals surface area contributed by atoms with Crippen LogP contribution in [0.3, 0.4) is 0 Å². The lowest BCUT2D eigenvalue weighted by molar-refractivity contribution is 0.100. The van der Waals surface area contributed by atoms with E-state index in [-0.39, 0.29) is 0 Å². The summed E-state index contributed by atoms with van der Waals surface area (Å²) in [4.78, 5) is 7.02. The first-order valence-electron chi connectivity index (χ1n) is 4.44. The molecule has 2 N–H and O–H groups in total. The number of likely N-dealkylation sites (tertiary alicyclic amines) is 1. The van der Waals surface area contributed by atoms with Crippen molar-refractivity contribution in [3.8, 4) is 0 Å². The molecule has 1 aliphatic rings. The maximum absolute atomic E-state index is 4.97. The zero-order chi connectivity index (χ0) is 8.10. The summed E-state index contributed by atoms with van der Waals surface area (Å²) in [5, 5.41) is 0. The largest absolute Gasteiger partial charge is 0.303 e. The van der Waals surface area contributed by atoms with Crippen LogP contribution < -0.4 is 5.90 Å². The van der Waals surface area contributed by atoms with Crippen molar-refractivity contribution in [2.75, 3.05) is 19.7 Å². The van der Waals surface area contributed by atoms with Crippen LogP contribution in [-0.2, 0) is 4.84 Å². The summed E-state index contributed by atoms with van der Waals surface area (Å²) >= 11 is 0. The van der Waals surface area contributed by atoms with E-state index in [9.17, 15) is 0 Å². The van der Waals surface area contributed by atoms with Crippen molar-refractivity contribution in [2.24, 2.45) is 5.90 Å². The molecule has 3 heteroatoms. The van der Waals surface area contributed by atoms with Gasteiger partial charge in [0.2, 0.25) is 0 Å². The molecule has 0 spiro atoms. The monoisotopic (exact) mass is 158 g/mol. The molecule has 1 atom stereocenters. The Morgan fingerprint density at radius 3 is 3.09 bits per heavy atom. The molecule has 0 amide bonds. The summed E-state index contributed by atoms with van der Waals surface area (Å²) in [6.45, 7) is 5.12. The van der Waals surface area contributed by atoms with Crippen LogP contribution in [0.1, 0.15) is 26.2 Å². The van der Waals surface area contributed by atoms with Crippen molar-refractivity contribution in [2.45, 2.75) is 32.2 Å². The van der Waals surface area contributed by atoms with Crippen LogP contribution in [0.2, 0.25) is 0 Å². The summed E-state index contributed by atoms with van der Waals surface area (Å²) in [5.74, 6) is 4.97. The van der Waals surface area contributed by atoms with Gasteiger partial charge in [-0.05, 0) is 25.8 Å². The van der Waals surface area contributed by atoms with Gasteiger partial charge in [0.1, 0.15) is 0 Å². The molecule has 1 fully saturated rings. The van der Waals surface area contributed by atoms with Gasteiger partial charge in [-0.1, -0.05) is 6.92 Å². The van der Waals surface area contributed by atoms with E-state index in [2.05, 4.69) is 16.7 Å². The fourth-order valence-corrected chi connectivity index (χ4v) is 1.82. The minimum atomic E-state index is 0.663. The van der Waals surface area contributed by atoms with Crippen LogP contribution in [0.25, 0.3) is 0 Å². The molecule has 1 saturated heterocycles. The van der Waals surface area contributed by atoms with Gasteiger partial charge in [-0.2, -0.15) is 0 Å². The number of nitrogens with zero attached hydrogens (tertiary/aromatic N) is 1. The first-order valence-corrected chi connectivity index (χ1v) is 4.44. The quantitative estimate of drug-likeness (QED) is 0.614. The highest BCUT2D eigenvalue weighted by atomic mass is 16.6. The maximum Gasteiger partial charge on any atom is 0.0806 e. The van der Waals surface area contributed by atoms with Crippen LogP contribution >= 0.6 is 0 Å². The molecule has 11 heavy (non-hydrogen) atoms. The highest BCUT2D eigenvalue weighted by Crippen LogP contribution is 2.18. The SMILES string of the molecule is CCC1CCCN1CCON. The smallest absolute Gasteiger partial charge is 0.0806 e. The van der Waals surface area contributed by atoms with Crippen LogP contribution in [0, 0.1) is 0 Å². The molecular weight excluding hydrogens is 140 g/mol. The van der Waals surface area contributed by atoms with Crippen LogP contribution in [-0.4, -0.2) is 30.6 Å². The Bertz CT molecular complexity index is 108. The molecule has 0 saturated carbocycles. The van der Waals surface area contributed by atoms with Crippen LogP contribution in [0.5, 0.6) is 0 Å². The van der Waals surface area contributed by atoms with E-state index in [0.29, 0.717) is 6.61 Å². The fraction of sp³-hybridized carbons (Fsp3) is 1.00. The number of rotatable bonds is 4. The summed E-state index contributed by atoms with van der Waals surface area (Å²) in [6, 6.07) is 0.783. The Balaban J connectivity index is 2.20. The Hall–Kier alpha value is -0.120. The summed E-state index contributed by atoms with van der Waals surface area (Å²) in [5.41, 5.74) is 0. The zero-order valence-corrected chi connectivity index (χ0v) is 7.25. The minimum absolute atomic E-state index is 0.663. The lowest BCUT2D eigenvalue weighted by atomic mass is 10.2. The lowest BCUT2D eigenvalue weighted by Gasteiger charge is -2.22. The summed E-state index contributed by atoms with van der Waals surface area (Å²) in [7, 11) is 0. The summed E-state index contributed by atoms with van der Waals surface area (Å²) < 4.78 is 0. The highest BCUT2D eigenvalue weighted by Gasteiger charge is 2.21. The van der Waals surface area contributed by atoms with Gasteiger partial charge < -0.3 is 4.84 Å². The molecule has 0 aromatic carbocycles. The van der Waals surface area contributed by atoms with E-state index < -0.39 is 0 Å². The van der Waals surface area contributed by atoms with Crippen molar-refractivity contribution in [3.63, 3.8) is 0 Å². The van der Waals surface area contributed by atoms with E-state index in [1.54, 1.807) is 0 Å². The number of hydrogen-bond acceptors (Lipinski definition) is 3. The Morgan fingerprint density at radius 2 is 2.45 bits per heavy atom. The zero-order valence-electron chi connectivity index (χ0n) is 7.25. The number of nitrogens with two attached hydrogens (primary N) is 1. The molecule has 0 aromatic heterocycles. The number of hydrogen-bond donors (Lipinski definition) is 1. The van der Waals surface area contributed by atoms with Gasteiger partial charge in [0.15, 0.2) is 0 Å². The van der Waals surface area contributed by atoms with Gasteiger partial charge in [-0.25, -0.2) is 5.90 Å². The second-order valence-electron chi connectivity index (χ2n) is 3.11. The Labute approximate surface area is 68.5 Å². The molecule has 1 unspecified atom stereocenters. The van der Waals surface area contributed by atoms with Crippen molar-refractivity contribution < 1.29 is 4.84 Å². The third kappa shape index (κ3) is 2.43. The molecule has 1 aliphatic heterocycles. The van der Waals surface area contributed by atoms with Crippen LogP contribution in [0.15, 0.2) is 0 Å². The second-order valence-corrected chi connectivity index (χ2v) is 3.11. The Kier molecular flexibility index (Phi) is 3.83. The van der Waals surface area contributed by atoms with Gasteiger partial charge in [-0.3, -0.25) is 4.90 Å². The summed E-state index contributed by atoms with van der Waals surface area (Å²) in [6.07, 6.45) is 3.94. The molecule has 3 nitrogen and oxygen atoms in total. The molecule has 1 heterocycles. The van der Waals surface area contributed by atoms with Crippen molar-refractivity contribution >= 4 is 0 Å². The molecule has 0 aromatic rings. The van der Waals surface area contributed by atoms with Crippen molar-refractivity contribution in [1.82, 2.24) is 4.90 Å². The maximum atomic E-state index is 4.97. The first-order chi connectivity index (χ1) is 5.38. The third-order valence-corrected chi connectivity index (χ3v) is 2.47. The molecule has 0 bridgehead atoms. The molecular formula is C8H18N2O. The van der Waals surface area contributed by atoms with Gasteiger partial charge in [-0.15, -0.1) is 0 Å². The van der Waals surface area contributed by atoms with Gasteiger partial charge >= 0.3 is 0 Å². The van der Waals surface area contributed by atoms with E-state index >= 15 is 0 Å². The average molecular weight is 158 g/mol. The van der Waals surface area contributed by atoms with Crippen molar-refractivity contribution in [1.29, 1.82) is 0 Å². The second kappa shape index (κ2) is 4.70. The standard InChI is InChI=1S/C8H18N2O/c1-2-8-4-3-5-10(8)6-7-11-9/h8H,2-7,9H2,1H3. The highest BCUT2D eigenvalue weighted by molar-refractivity contribution is 4.77. The lowest BCUT2D eigenvalue weighted by Crippen LogP contribution is -2.32. The third-order valence-electron chi connectivity index (χ3n) is 2.47. The molecule has 0 radical (unpaired) electrons. The molecule has 1 rings (SSSR count). The topological polar surface area (TPSA) is 38.5 Å². The van der Waals surface area contributed by atoms with Crippen molar-refractivity contribution in [3.05, 3.63) is 0 Å². The first kappa shape index (κ1) is 8.97. The molecule has 0 aliphatic carbocycles. The van der Waals surface area contributed by atoms with E-state index in [1.807, 2.05) is 0 Å². The minimum Gasteiger partial charge on any atom is -0.303 e. The van der Waals surface area contributed by atoms with E-state index in [1.165, 1.54) is 25.8 Å².